The molecule has 25 heavy (non-hydrogen) atoms. The van der Waals surface area contributed by atoms with Crippen molar-refractivity contribution in [1.82, 2.24) is 4.90 Å². The number of morpholine rings is 1. The highest BCUT2D eigenvalue weighted by atomic mass is 35.5. The van der Waals surface area contributed by atoms with Crippen molar-refractivity contribution in [3.05, 3.63) is 51.2 Å². The minimum atomic E-state index is -0.510. The van der Waals surface area contributed by atoms with E-state index in [1.807, 2.05) is 12.1 Å². The van der Waals surface area contributed by atoms with Crippen molar-refractivity contribution in [1.29, 1.82) is 0 Å². The number of nitrogens with zero attached hydrogens (tertiary/aromatic N) is 1. The molecule has 1 atom stereocenters. The fourth-order valence-corrected chi connectivity index (χ4v) is 3.65. The van der Waals surface area contributed by atoms with Crippen LogP contribution in [-0.2, 0) is 4.74 Å². The molecule has 0 radical (unpaired) electrons. The number of benzene rings is 1. The normalized spacial score (nSPS) is 16.6. The summed E-state index contributed by atoms with van der Waals surface area (Å²) in [6.45, 7) is 4.22. The number of ether oxygens (including phenoxy) is 1. The van der Waals surface area contributed by atoms with Crippen molar-refractivity contribution in [2.45, 2.75) is 12.5 Å². The van der Waals surface area contributed by atoms with Gasteiger partial charge in [0.2, 0.25) is 0 Å². The van der Waals surface area contributed by atoms with Crippen LogP contribution in [0.1, 0.15) is 27.8 Å². The summed E-state index contributed by atoms with van der Waals surface area (Å²) in [7, 11) is 0. The summed E-state index contributed by atoms with van der Waals surface area (Å²) < 4.78 is 5.91. The number of carbonyl (C=O) groups excluding carboxylic acids is 1. The largest absolute Gasteiger partial charge is 0.388 e. The zero-order valence-electron chi connectivity index (χ0n) is 13.8. The fourth-order valence-electron chi connectivity index (χ4n) is 2.71. The van der Waals surface area contributed by atoms with Gasteiger partial charge in [0.1, 0.15) is 0 Å². The van der Waals surface area contributed by atoms with Gasteiger partial charge in [-0.05, 0) is 36.2 Å². The van der Waals surface area contributed by atoms with Crippen LogP contribution in [0.3, 0.4) is 0 Å². The van der Waals surface area contributed by atoms with Crippen molar-refractivity contribution in [2.75, 3.05) is 38.2 Å². The number of aliphatic hydroxyl groups excluding tert-OH is 1. The van der Waals surface area contributed by atoms with Crippen molar-refractivity contribution >= 4 is 34.5 Å². The minimum Gasteiger partial charge on any atom is -0.388 e. The van der Waals surface area contributed by atoms with Crippen molar-refractivity contribution in [3.8, 4) is 0 Å². The molecule has 2 N–H and O–H groups in total. The highest BCUT2D eigenvalue weighted by Gasteiger charge is 2.14. The molecule has 3 rings (SSSR count). The summed E-state index contributed by atoms with van der Waals surface area (Å²) in [5.74, 6) is -0.183. The number of halogens is 1. The molecule has 1 saturated heterocycles. The van der Waals surface area contributed by atoms with Crippen LogP contribution < -0.4 is 5.32 Å². The summed E-state index contributed by atoms with van der Waals surface area (Å²) in [5, 5.41) is 13.2. The zero-order valence-corrected chi connectivity index (χ0v) is 15.4. The van der Waals surface area contributed by atoms with Gasteiger partial charge in [-0.1, -0.05) is 23.7 Å². The summed E-state index contributed by atoms with van der Waals surface area (Å²) in [5.41, 5.74) is 1.55. The highest BCUT2D eigenvalue weighted by Crippen LogP contribution is 2.23. The number of rotatable bonds is 6. The van der Waals surface area contributed by atoms with E-state index in [0.717, 1.165) is 38.4 Å². The predicted octanol–water partition coefficient (Wildman–Crippen LogP) is 3.41. The van der Waals surface area contributed by atoms with Crippen LogP contribution in [0.15, 0.2) is 36.4 Å². The lowest BCUT2D eigenvalue weighted by Gasteiger charge is -2.27. The number of anilines is 1. The van der Waals surface area contributed by atoms with Crippen molar-refractivity contribution < 1.29 is 14.6 Å². The number of hydrogen-bond acceptors (Lipinski definition) is 5. The summed E-state index contributed by atoms with van der Waals surface area (Å²) in [4.78, 5) is 15.0. The monoisotopic (exact) mass is 380 g/mol. The lowest BCUT2D eigenvalue weighted by atomic mass is 10.1. The summed E-state index contributed by atoms with van der Waals surface area (Å²) in [6.07, 6.45) is 0.169. The first-order valence-corrected chi connectivity index (χ1v) is 9.46. The Morgan fingerprint density at radius 3 is 2.60 bits per heavy atom. The van der Waals surface area contributed by atoms with Gasteiger partial charge in [-0.15, -0.1) is 11.3 Å². The topological polar surface area (TPSA) is 61.8 Å². The number of carbonyl (C=O) groups is 1. The molecular formula is C18H21ClN2O3S. The van der Waals surface area contributed by atoms with E-state index in [1.165, 1.54) is 11.3 Å². The Hall–Kier alpha value is -1.44. The van der Waals surface area contributed by atoms with Gasteiger partial charge in [0.15, 0.2) is 0 Å². The molecule has 1 fully saturated rings. The maximum absolute atomic E-state index is 12.1. The molecule has 1 aromatic carbocycles. The molecule has 1 unspecified atom stereocenters. The smallest absolute Gasteiger partial charge is 0.265 e. The van der Waals surface area contributed by atoms with Gasteiger partial charge in [0.25, 0.3) is 5.91 Å². The Balaban J connectivity index is 1.51. The maximum Gasteiger partial charge on any atom is 0.265 e. The molecule has 0 aliphatic carbocycles. The van der Waals surface area contributed by atoms with E-state index in [4.69, 9.17) is 16.3 Å². The Bertz CT molecular complexity index is 699. The second-order valence-electron chi connectivity index (χ2n) is 5.94. The summed E-state index contributed by atoms with van der Waals surface area (Å²) in [6, 6.07) is 10.7. The Morgan fingerprint density at radius 1 is 1.24 bits per heavy atom. The van der Waals surface area contributed by atoms with Gasteiger partial charge in [-0.2, -0.15) is 0 Å². The van der Waals surface area contributed by atoms with Crippen LogP contribution in [-0.4, -0.2) is 48.8 Å². The lowest BCUT2D eigenvalue weighted by molar-refractivity contribution is 0.0300. The Labute approximate surface area is 156 Å². The highest BCUT2D eigenvalue weighted by molar-refractivity contribution is 7.18. The molecule has 1 aliphatic heterocycles. The van der Waals surface area contributed by atoms with Crippen LogP contribution >= 0.6 is 22.9 Å². The SMILES string of the molecule is O=C(Nc1ccc(C(O)CCN2CCOCC2)cc1)c1ccc(Cl)s1. The second kappa shape index (κ2) is 8.78. The first kappa shape index (κ1) is 18.4. The molecule has 134 valence electrons. The second-order valence-corrected chi connectivity index (χ2v) is 7.65. The van der Waals surface area contributed by atoms with Crippen LogP contribution in [0.2, 0.25) is 4.34 Å². The molecule has 5 nitrogen and oxygen atoms in total. The molecule has 2 aromatic rings. The number of thiophene rings is 1. The van der Waals surface area contributed by atoms with Gasteiger partial charge in [-0.25, -0.2) is 0 Å². The van der Waals surface area contributed by atoms with Crippen LogP contribution in [0.5, 0.6) is 0 Å². The van der Waals surface area contributed by atoms with Gasteiger partial charge in [0.05, 0.1) is 28.5 Å². The number of nitrogens with one attached hydrogen (secondary N) is 1. The molecule has 0 saturated carbocycles. The van der Waals surface area contributed by atoms with E-state index >= 15 is 0 Å². The lowest BCUT2D eigenvalue weighted by Crippen LogP contribution is -2.37. The zero-order chi connectivity index (χ0) is 17.6. The predicted molar refractivity (Wildman–Crippen MR) is 101 cm³/mol. The van der Waals surface area contributed by atoms with E-state index < -0.39 is 6.10 Å². The van der Waals surface area contributed by atoms with Crippen molar-refractivity contribution in [3.63, 3.8) is 0 Å². The van der Waals surface area contributed by atoms with Crippen LogP contribution in [0, 0.1) is 0 Å². The van der Waals surface area contributed by atoms with E-state index in [-0.39, 0.29) is 5.91 Å². The van der Waals surface area contributed by atoms with E-state index in [9.17, 15) is 9.90 Å². The van der Waals surface area contributed by atoms with Crippen LogP contribution in [0.4, 0.5) is 5.69 Å². The third-order valence-corrected chi connectivity index (χ3v) is 5.40. The molecule has 7 heteroatoms. The minimum absolute atomic E-state index is 0.183. The first-order chi connectivity index (χ1) is 12.1. The van der Waals surface area contributed by atoms with Gasteiger partial charge >= 0.3 is 0 Å². The fraction of sp³-hybridized carbons (Fsp3) is 0.389. The molecule has 1 amide bonds. The van der Waals surface area contributed by atoms with E-state index in [0.29, 0.717) is 21.3 Å². The number of aliphatic hydroxyl groups is 1. The molecule has 1 aliphatic rings. The molecular weight excluding hydrogens is 360 g/mol. The van der Waals surface area contributed by atoms with E-state index in [1.54, 1.807) is 24.3 Å². The summed E-state index contributed by atoms with van der Waals surface area (Å²) >= 11 is 7.09. The molecule has 0 bridgehead atoms. The van der Waals surface area contributed by atoms with Gasteiger partial charge < -0.3 is 15.2 Å². The standard InChI is InChI=1S/C18H21ClN2O3S/c19-17-6-5-16(25-17)18(23)20-14-3-1-13(2-4-14)15(22)7-8-21-9-11-24-12-10-21/h1-6,15,22H,7-12H2,(H,20,23). The van der Waals surface area contributed by atoms with Gasteiger partial charge in [0, 0.05) is 25.3 Å². The molecule has 2 heterocycles. The molecule has 0 spiro atoms. The first-order valence-electron chi connectivity index (χ1n) is 8.26. The third-order valence-electron chi connectivity index (χ3n) is 4.17. The third kappa shape index (κ3) is 5.26. The van der Waals surface area contributed by atoms with E-state index in [2.05, 4.69) is 10.2 Å². The number of amides is 1. The van der Waals surface area contributed by atoms with Crippen molar-refractivity contribution in [2.24, 2.45) is 0 Å². The Morgan fingerprint density at radius 2 is 1.96 bits per heavy atom. The average Bonchev–Trinajstić information content (AvgIpc) is 3.08. The quantitative estimate of drug-likeness (QED) is 0.806. The van der Waals surface area contributed by atoms with Crippen LogP contribution in [0.25, 0.3) is 0 Å². The van der Waals surface area contributed by atoms with Gasteiger partial charge in [-0.3, -0.25) is 9.69 Å². The number of hydrogen-bond donors (Lipinski definition) is 2. The average molecular weight is 381 g/mol. The Kier molecular flexibility index (Phi) is 6.45. The molecule has 1 aromatic heterocycles. The maximum atomic E-state index is 12.1.